The first-order chi connectivity index (χ1) is 14.9. The third kappa shape index (κ3) is 5.04. The second-order valence-electron chi connectivity index (χ2n) is 12.1. The van der Waals surface area contributed by atoms with Gasteiger partial charge in [0.1, 0.15) is 0 Å². The maximum Gasteiger partial charge on any atom is -0.147 e. The van der Waals surface area contributed by atoms with Gasteiger partial charge in [-0.05, 0) is 0 Å². The quantitative estimate of drug-likeness (QED) is 0.283. The minimum atomic E-state index is -2.61. The average Bonchev–Trinajstić information content (AvgIpc) is 3.37. The summed E-state index contributed by atoms with van der Waals surface area (Å²) in [4.78, 5) is 0. The SMILES string of the molecule is C[CH2][Hf](=[SiH2])([CH2]C)[CH]1c2cc(C(C)(C)C)ccc2-c2ccc(C(C)(C)C)c(C3=CC=CC3)c21.Cl.Cl. The van der Waals surface area contributed by atoms with E-state index in [-0.39, 0.29) is 35.6 Å². The fourth-order valence-corrected chi connectivity index (χ4v) is 20.4. The first-order valence-electron chi connectivity index (χ1n) is 12.5. The van der Waals surface area contributed by atoms with Crippen LogP contribution in [0.15, 0.2) is 48.6 Å². The van der Waals surface area contributed by atoms with Gasteiger partial charge in [-0.15, -0.1) is 24.8 Å². The molecule has 4 heteroatoms. The van der Waals surface area contributed by atoms with E-state index < -0.39 is 18.6 Å². The summed E-state index contributed by atoms with van der Waals surface area (Å²) < 4.78 is 3.51. The molecule has 0 nitrogen and oxygen atoms in total. The predicted octanol–water partition coefficient (Wildman–Crippen LogP) is 9.12. The molecule has 2 aromatic rings. The summed E-state index contributed by atoms with van der Waals surface area (Å²) in [6, 6.07) is 12.4. The third-order valence-corrected chi connectivity index (χ3v) is 36.2. The van der Waals surface area contributed by atoms with E-state index in [1.54, 1.807) is 16.7 Å². The molecule has 2 aliphatic rings. The van der Waals surface area contributed by atoms with Crippen LogP contribution in [-0.4, -0.2) is 6.94 Å². The summed E-state index contributed by atoms with van der Waals surface area (Å²) >= 11 is -2.61. The maximum absolute atomic E-state index is 2.61. The molecule has 0 spiro atoms. The number of fused-ring (bicyclic) bond motifs is 3. The second kappa shape index (κ2) is 10.5. The Morgan fingerprint density at radius 1 is 0.882 bits per heavy atom. The molecule has 0 heterocycles. The Bertz CT molecular complexity index is 1170. The summed E-state index contributed by atoms with van der Waals surface area (Å²) in [5.74, 6) is 0. The normalized spacial score (nSPS) is 16.9. The molecule has 0 fully saturated rings. The summed E-state index contributed by atoms with van der Waals surface area (Å²) in [5, 5.41) is 0. The molecular weight excluding hydrogens is 638 g/mol. The van der Waals surface area contributed by atoms with E-state index in [1.165, 1.54) is 36.2 Å². The van der Waals surface area contributed by atoms with Crippen molar-refractivity contribution in [2.45, 2.75) is 84.7 Å². The van der Waals surface area contributed by atoms with E-state index in [9.17, 15) is 0 Å². The van der Waals surface area contributed by atoms with Crippen molar-refractivity contribution < 1.29 is 18.6 Å². The summed E-state index contributed by atoms with van der Waals surface area (Å²) in [7, 11) is 0. The molecule has 0 amide bonds. The standard InChI is InChI=1S/C26H29.2C2H5.2ClH.Hf.H2Si/c1-25(2,3)19-11-12-20-18(15-19)16-22-21(20)13-14-23(26(4,5)6)24(22)17-9-7-8-10-17;2*1-2;;;;/h7-9,11-16H,10H2,1-6H3;2*1H2,2H3;2*1H;;1H2. The summed E-state index contributed by atoms with van der Waals surface area (Å²) in [6.45, 7) is 21.7. The number of rotatable bonds is 4. The Hall–Kier alpha value is -0.413. The van der Waals surface area contributed by atoms with E-state index in [0.717, 1.165) is 6.42 Å². The van der Waals surface area contributed by atoms with Crippen molar-refractivity contribution in [3.05, 3.63) is 76.4 Å². The molecule has 185 valence electrons. The van der Waals surface area contributed by atoms with Crippen molar-refractivity contribution in [1.29, 1.82) is 0 Å². The van der Waals surface area contributed by atoms with Gasteiger partial charge in [-0.25, -0.2) is 0 Å². The fourth-order valence-electron chi connectivity index (χ4n) is 5.72. The Balaban J connectivity index is 0.00000204. The minimum absolute atomic E-state index is 0. The minimum Gasteiger partial charge on any atom is -0.147 e. The number of allylic oxidation sites excluding steroid dienone is 4. The van der Waals surface area contributed by atoms with Gasteiger partial charge in [-0.2, -0.15) is 0 Å². The zero-order valence-electron chi connectivity index (χ0n) is 22.3. The van der Waals surface area contributed by atoms with E-state index in [2.05, 4.69) is 111 Å². The van der Waals surface area contributed by atoms with Crippen molar-refractivity contribution in [1.82, 2.24) is 0 Å². The van der Waals surface area contributed by atoms with Crippen LogP contribution in [0.2, 0.25) is 8.35 Å². The van der Waals surface area contributed by atoms with Crippen LogP contribution in [0, 0.1) is 0 Å². The Labute approximate surface area is 226 Å². The van der Waals surface area contributed by atoms with Crippen LogP contribution in [0.5, 0.6) is 0 Å². The van der Waals surface area contributed by atoms with Gasteiger partial charge in [0.15, 0.2) is 0 Å². The first kappa shape index (κ1) is 29.8. The number of benzene rings is 2. The number of hydrogen-bond donors (Lipinski definition) is 0. The molecule has 4 rings (SSSR count). The third-order valence-electron chi connectivity index (χ3n) is 7.97. The van der Waals surface area contributed by atoms with Gasteiger partial charge >= 0.3 is 203 Å². The zero-order valence-corrected chi connectivity index (χ0v) is 29.0. The van der Waals surface area contributed by atoms with Gasteiger partial charge in [-0.1, -0.05) is 0 Å². The zero-order chi connectivity index (χ0) is 23.5. The largest absolute Gasteiger partial charge is 0.147 e. The molecule has 0 radical (unpaired) electrons. The molecule has 0 N–H and O–H groups in total. The van der Waals surface area contributed by atoms with Gasteiger partial charge in [0, 0.05) is 0 Å². The molecular formula is C30H43Cl2HfSi. The van der Waals surface area contributed by atoms with Crippen LogP contribution in [0.25, 0.3) is 16.7 Å². The van der Waals surface area contributed by atoms with Gasteiger partial charge in [0.25, 0.3) is 0 Å². The van der Waals surface area contributed by atoms with Gasteiger partial charge in [0.2, 0.25) is 0 Å². The molecule has 34 heavy (non-hydrogen) atoms. The number of halogens is 2. The van der Waals surface area contributed by atoms with E-state index in [1.807, 2.05) is 0 Å². The average molecular weight is 681 g/mol. The molecule has 0 aromatic heterocycles. The van der Waals surface area contributed by atoms with E-state index in [4.69, 9.17) is 0 Å². The van der Waals surface area contributed by atoms with Crippen molar-refractivity contribution in [3.8, 4) is 11.1 Å². The number of hydrogen-bond acceptors (Lipinski definition) is 0. The topological polar surface area (TPSA) is 0 Å². The van der Waals surface area contributed by atoms with Gasteiger partial charge in [-0.3, -0.25) is 0 Å². The van der Waals surface area contributed by atoms with Crippen LogP contribution in [0.4, 0.5) is 0 Å². The van der Waals surface area contributed by atoms with Gasteiger partial charge < -0.3 is 0 Å². The fraction of sp³-hybridized carbons (Fsp3) is 0.467. The predicted molar refractivity (Wildman–Crippen MR) is 157 cm³/mol. The second-order valence-corrected chi connectivity index (χ2v) is 40.5. The molecule has 0 bridgehead atoms. The molecule has 0 saturated carbocycles. The smallest absolute Gasteiger partial charge is 0.147 e. The van der Waals surface area contributed by atoms with Crippen LogP contribution >= 0.6 is 24.8 Å². The van der Waals surface area contributed by atoms with Crippen LogP contribution in [-0.2, 0) is 29.4 Å². The van der Waals surface area contributed by atoms with Crippen molar-refractivity contribution >= 4 is 37.3 Å². The molecule has 1 unspecified atom stereocenters. The molecule has 1 atom stereocenters. The van der Waals surface area contributed by atoms with Crippen molar-refractivity contribution in [3.63, 3.8) is 0 Å². The Morgan fingerprint density at radius 3 is 2.00 bits per heavy atom. The first-order valence-corrected chi connectivity index (χ1v) is 27.9. The van der Waals surface area contributed by atoms with Crippen LogP contribution in [0.1, 0.15) is 93.3 Å². The summed E-state index contributed by atoms with van der Waals surface area (Å²) in [6.07, 6.45) is 8.06. The van der Waals surface area contributed by atoms with Gasteiger partial charge in [0.05, 0.1) is 0 Å². The molecule has 0 aliphatic heterocycles. The maximum atomic E-state index is 2.61. The Morgan fingerprint density at radius 2 is 1.50 bits per heavy atom. The molecule has 2 aromatic carbocycles. The van der Waals surface area contributed by atoms with Crippen LogP contribution < -0.4 is 0 Å². The van der Waals surface area contributed by atoms with E-state index in [0.29, 0.717) is 3.67 Å². The van der Waals surface area contributed by atoms with Crippen LogP contribution in [0.3, 0.4) is 0 Å². The summed E-state index contributed by atoms with van der Waals surface area (Å²) in [5.41, 5.74) is 12.9. The Kier molecular flexibility index (Phi) is 9.23. The molecule has 0 saturated heterocycles. The van der Waals surface area contributed by atoms with Crippen molar-refractivity contribution in [2.24, 2.45) is 0 Å². The molecule has 2 aliphatic carbocycles. The monoisotopic (exact) mass is 681 g/mol. The van der Waals surface area contributed by atoms with Crippen molar-refractivity contribution in [2.75, 3.05) is 0 Å². The van der Waals surface area contributed by atoms with E-state index >= 15 is 0 Å².